The first-order valence-electron chi connectivity index (χ1n) is 6.23. The summed E-state index contributed by atoms with van der Waals surface area (Å²) in [6, 6.07) is 0. The molecule has 0 rings (SSSR count). The molecule has 0 aromatic rings. The SMILES string of the molecule is O=C([O-])CC(O)(CC(=O)[O-])C(=O)[O-].O=C([O-])CC(O)(CC(=O)[O-])C(=O)[O-].[Fe+2].[Na+].[Na+].[Na+].[Na+]. The predicted molar refractivity (Wildman–Crippen MR) is 58.4 cm³/mol. The molecule has 0 aromatic heterocycles. The third-order valence-corrected chi connectivity index (χ3v) is 2.51. The summed E-state index contributed by atoms with van der Waals surface area (Å²) in [5.74, 6) is -12.0. The Balaban J connectivity index is -0.0000000640. The van der Waals surface area contributed by atoms with Gasteiger partial charge < -0.3 is 69.6 Å². The fourth-order valence-corrected chi connectivity index (χ4v) is 1.37. The first-order valence-corrected chi connectivity index (χ1v) is 6.23. The van der Waals surface area contributed by atoms with Gasteiger partial charge in [-0.15, -0.1) is 0 Å². The fraction of sp³-hybridized carbons (Fsp3) is 0.500. The summed E-state index contributed by atoms with van der Waals surface area (Å²) in [5.41, 5.74) is -5.95. The fourth-order valence-electron chi connectivity index (χ4n) is 1.37. The molecule has 0 fully saturated rings. The number of carbonyl (C=O) groups is 6. The van der Waals surface area contributed by atoms with Crippen LogP contribution < -0.4 is 149 Å². The Hall–Kier alpha value is 1.26. The standard InChI is InChI=1S/2C6H8O7.Fe.4Na/c2*7-3(8)1-6(13,5(11)12)2-4(9)10;;;;;/h2*13H,1-2H2,(H,7,8)(H,9,10)(H,11,12);;;;;/q;;+2;4*+1/p-6. The van der Waals surface area contributed by atoms with Crippen LogP contribution in [-0.4, -0.2) is 57.2 Å². The Morgan fingerprint density at radius 2 is 0.613 bits per heavy atom. The number of aliphatic carboxylic acids is 6. The van der Waals surface area contributed by atoms with Crippen LogP contribution >= 0.6 is 0 Å². The van der Waals surface area contributed by atoms with E-state index in [1.807, 2.05) is 0 Å². The Labute approximate surface area is 273 Å². The van der Waals surface area contributed by atoms with Gasteiger partial charge in [0, 0.05) is 49.6 Å². The van der Waals surface area contributed by atoms with Gasteiger partial charge in [0.2, 0.25) is 0 Å². The maximum absolute atomic E-state index is 10.1. The molecule has 0 aliphatic carbocycles. The molecular formula is C12H10FeNa4O14. The average molecular weight is 526 g/mol. The van der Waals surface area contributed by atoms with Gasteiger partial charge in [0.25, 0.3) is 0 Å². The molecule has 2 N–H and O–H groups in total. The van der Waals surface area contributed by atoms with Gasteiger partial charge in [0.15, 0.2) is 0 Å². The zero-order valence-electron chi connectivity index (χ0n) is 17.0. The Bertz CT molecular complexity index is 530. The Morgan fingerprint density at radius 1 is 0.484 bits per heavy atom. The number of rotatable bonds is 10. The van der Waals surface area contributed by atoms with Crippen molar-refractivity contribution in [3.63, 3.8) is 0 Å². The van der Waals surface area contributed by atoms with Gasteiger partial charge in [-0.05, 0) is 0 Å². The zero-order valence-corrected chi connectivity index (χ0v) is 26.1. The molecule has 154 valence electrons. The maximum atomic E-state index is 10.1. The molecule has 0 aliphatic rings. The van der Waals surface area contributed by atoms with E-state index in [2.05, 4.69) is 0 Å². The number of carbonyl (C=O) groups excluding carboxylic acids is 6. The molecule has 0 radical (unpaired) electrons. The van der Waals surface area contributed by atoms with Gasteiger partial charge in [-0.1, -0.05) is 0 Å². The van der Waals surface area contributed by atoms with Crippen molar-refractivity contribution in [1.82, 2.24) is 0 Å². The second-order valence-electron chi connectivity index (χ2n) is 4.83. The summed E-state index contributed by atoms with van der Waals surface area (Å²) >= 11 is 0. The molecule has 14 nitrogen and oxygen atoms in total. The summed E-state index contributed by atoms with van der Waals surface area (Å²) in [6.45, 7) is 0. The van der Waals surface area contributed by atoms with Crippen molar-refractivity contribution in [2.24, 2.45) is 0 Å². The van der Waals surface area contributed by atoms with Crippen LogP contribution in [0.1, 0.15) is 25.7 Å². The van der Waals surface area contributed by atoms with Crippen molar-refractivity contribution in [2.75, 3.05) is 0 Å². The molecule has 0 aromatic carbocycles. The molecule has 31 heavy (non-hydrogen) atoms. The van der Waals surface area contributed by atoms with Crippen LogP contribution in [-0.2, 0) is 45.8 Å². The quantitative estimate of drug-likeness (QED) is 0.250. The maximum Gasteiger partial charge on any atom is 2.00 e. The minimum atomic E-state index is -2.97. The van der Waals surface area contributed by atoms with Crippen LogP contribution in [0.2, 0.25) is 0 Å². The van der Waals surface area contributed by atoms with E-state index in [-0.39, 0.29) is 135 Å². The van der Waals surface area contributed by atoms with Gasteiger partial charge in [-0.2, -0.15) is 0 Å². The number of hydrogen-bond donors (Lipinski definition) is 2. The van der Waals surface area contributed by atoms with Crippen molar-refractivity contribution < 1.29 is 205 Å². The molecule has 19 heteroatoms. The van der Waals surface area contributed by atoms with Crippen molar-refractivity contribution in [2.45, 2.75) is 36.9 Å². The summed E-state index contributed by atoms with van der Waals surface area (Å²) in [6.07, 6.45) is -5.43. The minimum Gasteiger partial charge on any atom is -0.550 e. The number of hydrogen-bond acceptors (Lipinski definition) is 14. The van der Waals surface area contributed by atoms with Gasteiger partial charge in [-0.25, -0.2) is 0 Å². The van der Waals surface area contributed by atoms with E-state index in [0.29, 0.717) is 0 Å². The topological polar surface area (TPSA) is 281 Å². The average Bonchev–Trinajstić information content (AvgIpc) is 2.34. The smallest absolute Gasteiger partial charge is 0.550 e. The number of aliphatic hydroxyl groups is 2. The van der Waals surface area contributed by atoms with E-state index in [1.165, 1.54) is 0 Å². The molecule has 0 amide bonds. The number of carboxylic acid groups (broad SMARTS) is 6. The van der Waals surface area contributed by atoms with E-state index < -0.39 is 72.7 Å². The molecule has 0 bridgehead atoms. The van der Waals surface area contributed by atoms with Crippen molar-refractivity contribution in [1.29, 1.82) is 0 Å². The molecule has 0 spiro atoms. The third-order valence-electron chi connectivity index (χ3n) is 2.51. The Kier molecular flexibility index (Phi) is 36.7. The molecule has 0 unspecified atom stereocenters. The van der Waals surface area contributed by atoms with Crippen LogP contribution in [0.4, 0.5) is 0 Å². The molecule has 0 saturated heterocycles. The summed E-state index contributed by atoms with van der Waals surface area (Å²) in [4.78, 5) is 60.0. The second-order valence-corrected chi connectivity index (χ2v) is 4.83. The van der Waals surface area contributed by atoms with Crippen molar-refractivity contribution in [3.05, 3.63) is 0 Å². The number of carboxylic acids is 6. The van der Waals surface area contributed by atoms with Crippen LogP contribution in [0.5, 0.6) is 0 Å². The molecule has 0 atom stereocenters. The first-order chi connectivity index (χ1) is 11.6. The van der Waals surface area contributed by atoms with Crippen LogP contribution in [0.3, 0.4) is 0 Å². The summed E-state index contributed by atoms with van der Waals surface area (Å²) < 4.78 is 0. The summed E-state index contributed by atoms with van der Waals surface area (Å²) in [7, 11) is 0. The monoisotopic (exact) mass is 526 g/mol. The van der Waals surface area contributed by atoms with Crippen molar-refractivity contribution in [3.8, 4) is 0 Å². The molecule has 0 aliphatic heterocycles. The molecular weight excluding hydrogens is 516 g/mol. The minimum absolute atomic E-state index is 0. The largest absolute Gasteiger partial charge is 2.00 e. The van der Waals surface area contributed by atoms with Crippen LogP contribution in [0.25, 0.3) is 0 Å². The summed E-state index contributed by atoms with van der Waals surface area (Å²) in [5, 5.41) is 77.9. The van der Waals surface area contributed by atoms with Crippen LogP contribution in [0.15, 0.2) is 0 Å². The van der Waals surface area contributed by atoms with Gasteiger partial charge >= 0.3 is 135 Å². The normalized spacial score (nSPS) is 9.10. The first kappa shape index (κ1) is 49.4. The second kappa shape index (κ2) is 23.0. The van der Waals surface area contributed by atoms with Crippen molar-refractivity contribution >= 4 is 35.8 Å². The van der Waals surface area contributed by atoms with E-state index in [0.717, 1.165) is 0 Å². The third kappa shape index (κ3) is 24.2. The van der Waals surface area contributed by atoms with E-state index in [9.17, 15) is 59.4 Å². The molecule has 0 heterocycles. The predicted octanol–water partition coefficient (Wildman–Crippen LogP) is -22.5. The van der Waals surface area contributed by atoms with E-state index >= 15 is 0 Å². The molecule has 0 saturated carbocycles. The van der Waals surface area contributed by atoms with Crippen LogP contribution in [0, 0.1) is 0 Å². The van der Waals surface area contributed by atoms with E-state index in [1.54, 1.807) is 0 Å². The zero-order chi connectivity index (χ0) is 21.3. The van der Waals surface area contributed by atoms with Gasteiger partial charge in [-0.3, -0.25) is 0 Å². The Morgan fingerprint density at radius 3 is 0.677 bits per heavy atom. The van der Waals surface area contributed by atoms with E-state index in [4.69, 9.17) is 10.2 Å². The van der Waals surface area contributed by atoms with Gasteiger partial charge in [0.05, 0.1) is 11.9 Å². The van der Waals surface area contributed by atoms with Gasteiger partial charge in [0.1, 0.15) is 11.2 Å².